The summed E-state index contributed by atoms with van der Waals surface area (Å²) < 4.78 is 28.3. The Labute approximate surface area is 151 Å². The van der Waals surface area contributed by atoms with E-state index in [0.29, 0.717) is 25.1 Å². The molecule has 9 heteroatoms. The van der Waals surface area contributed by atoms with E-state index in [1.54, 1.807) is 7.05 Å². The molecule has 1 aromatic carbocycles. The number of aromatic nitrogens is 2. The van der Waals surface area contributed by atoms with Gasteiger partial charge in [0.15, 0.2) is 0 Å². The van der Waals surface area contributed by atoms with E-state index in [4.69, 9.17) is 0 Å². The number of nitrogens with zero attached hydrogens (tertiary/aromatic N) is 4. The predicted molar refractivity (Wildman–Crippen MR) is 96.4 cm³/mol. The third-order valence-electron chi connectivity index (χ3n) is 3.56. The molecule has 0 bridgehead atoms. The predicted octanol–water partition coefficient (Wildman–Crippen LogP) is 1.74. The van der Waals surface area contributed by atoms with E-state index in [1.165, 1.54) is 12.3 Å². The van der Waals surface area contributed by atoms with Gasteiger partial charge in [0.05, 0.1) is 0 Å². The maximum atomic E-state index is 14.2. The van der Waals surface area contributed by atoms with Crippen LogP contribution in [0.15, 0.2) is 24.4 Å². The molecule has 1 heterocycles. The molecular formula is C17H22F2N6O. The summed E-state index contributed by atoms with van der Waals surface area (Å²) in [6.45, 7) is 1.65. The van der Waals surface area contributed by atoms with Gasteiger partial charge in [-0.15, -0.1) is 0 Å². The van der Waals surface area contributed by atoms with Crippen LogP contribution in [0.5, 0.6) is 0 Å². The third-order valence-corrected chi connectivity index (χ3v) is 3.56. The first-order chi connectivity index (χ1) is 12.5. The molecular weight excluding hydrogens is 342 g/mol. The monoisotopic (exact) mass is 364 g/mol. The van der Waals surface area contributed by atoms with Crippen LogP contribution in [0.2, 0.25) is 0 Å². The molecule has 26 heavy (non-hydrogen) atoms. The van der Waals surface area contributed by atoms with Crippen molar-refractivity contribution in [2.24, 2.45) is 0 Å². The average Bonchev–Trinajstić information content (AvgIpc) is 2.59. The summed E-state index contributed by atoms with van der Waals surface area (Å²) in [5, 5.41) is 5.96. The van der Waals surface area contributed by atoms with Crippen LogP contribution >= 0.6 is 0 Å². The standard InChI is InChI=1S/C17H22F2N6O/c1-20-9-12-10-22-17(21-7-8-24(2)3)23-16(12)25(11-26)15-13(18)5-4-6-14(15)19/h4-6,10-11,20H,7-9H2,1-3H3,(H,21,22,23). The molecule has 0 unspecified atom stereocenters. The fraction of sp³-hybridized carbons (Fsp3) is 0.353. The molecule has 0 fully saturated rings. The summed E-state index contributed by atoms with van der Waals surface area (Å²) in [6, 6.07) is 3.41. The zero-order valence-corrected chi connectivity index (χ0v) is 15.0. The highest BCUT2D eigenvalue weighted by atomic mass is 19.1. The van der Waals surface area contributed by atoms with E-state index in [-0.39, 0.29) is 11.8 Å². The van der Waals surface area contributed by atoms with E-state index in [1.807, 2.05) is 19.0 Å². The lowest BCUT2D eigenvalue weighted by molar-refractivity contribution is -0.106. The van der Waals surface area contributed by atoms with Crippen LogP contribution in [0, 0.1) is 11.6 Å². The lowest BCUT2D eigenvalue weighted by atomic mass is 10.2. The molecule has 0 aliphatic carbocycles. The number of para-hydroxylation sites is 1. The van der Waals surface area contributed by atoms with Gasteiger partial charge in [-0.1, -0.05) is 6.07 Å². The lowest BCUT2D eigenvalue weighted by Gasteiger charge is -2.21. The van der Waals surface area contributed by atoms with E-state index < -0.39 is 17.3 Å². The third kappa shape index (κ3) is 4.70. The largest absolute Gasteiger partial charge is 0.353 e. The van der Waals surface area contributed by atoms with Crippen molar-refractivity contribution in [1.29, 1.82) is 0 Å². The van der Waals surface area contributed by atoms with Crippen LogP contribution in [0.4, 0.5) is 26.2 Å². The molecule has 1 aromatic heterocycles. The second kappa shape index (κ2) is 9.16. The van der Waals surface area contributed by atoms with E-state index >= 15 is 0 Å². The summed E-state index contributed by atoms with van der Waals surface area (Å²) >= 11 is 0. The highest BCUT2D eigenvalue weighted by molar-refractivity contribution is 5.86. The molecule has 140 valence electrons. The normalized spacial score (nSPS) is 10.8. The van der Waals surface area contributed by atoms with Gasteiger partial charge in [0.1, 0.15) is 23.1 Å². The highest BCUT2D eigenvalue weighted by Gasteiger charge is 2.22. The number of carbonyl (C=O) groups is 1. The fourth-order valence-electron chi connectivity index (χ4n) is 2.33. The van der Waals surface area contributed by atoms with Crippen LogP contribution in [0.25, 0.3) is 0 Å². The molecule has 0 atom stereocenters. The van der Waals surface area contributed by atoms with Crippen molar-refractivity contribution in [3.8, 4) is 0 Å². The number of amides is 1. The van der Waals surface area contributed by atoms with E-state index in [0.717, 1.165) is 23.6 Å². The summed E-state index contributed by atoms with van der Waals surface area (Å²) in [5.41, 5.74) is 0.0539. The van der Waals surface area contributed by atoms with Gasteiger partial charge in [-0.05, 0) is 33.3 Å². The Balaban J connectivity index is 2.43. The van der Waals surface area contributed by atoms with Crippen LogP contribution in [-0.4, -0.2) is 55.5 Å². The molecule has 0 aliphatic rings. The first kappa shape index (κ1) is 19.7. The van der Waals surface area contributed by atoms with Gasteiger partial charge in [0, 0.05) is 31.4 Å². The van der Waals surface area contributed by atoms with Crippen molar-refractivity contribution in [3.63, 3.8) is 0 Å². The van der Waals surface area contributed by atoms with E-state index in [9.17, 15) is 13.6 Å². The lowest BCUT2D eigenvalue weighted by Crippen LogP contribution is -2.24. The number of benzene rings is 1. The Hall–Kier alpha value is -2.65. The number of likely N-dealkylation sites (N-methyl/N-ethyl adjacent to an activating group) is 1. The smallest absolute Gasteiger partial charge is 0.224 e. The number of anilines is 3. The van der Waals surface area contributed by atoms with Crippen molar-refractivity contribution in [1.82, 2.24) is 20.2 Å². The van der Waals surface area contributed by atoms with Crippen LogP contribution < -0.4 is 15.5 Å². The Morgan fingerprint density at radius 3 is 2.50 bits per heavy atom. The molecule has 0 radical (unpaired) electrons. The minimum Gasteiger partial charge on any atom is -0.353 e. The Bertz CT molecular complexity index is 736. The molecule has 0 spiro atoms. The van der Waals surface area contributed by atoms with Gasteiger partial charge >= 0.3 is 0 Å². The van der Waals surface area contributed by atoms with Gasteiger partial charge in [-0.25, -0.2) is 13.8 Å². The molecule has 2 aromatic rings. The fourth-order valence-corrected chi connectivity index (χ4v) is 2.33. The van der Waals surface area contributed by atoms with E-state index in [2.05, 4.69) is 20.6 Å². The minimum atomic E-state index is -0.853. The number of nitrogens with one attached hydrogen (secondary N) is 2. The number of hydrogen-bond donors (Lipinski definition) is 2. The molecule has 0 saturated carbocycles. The number of halogens is 2. The Morgan fingerprint density at radius 2 is 1.92 bits per heavy atom. The first-order valence-corrected chi connectivity index (χ1v) is 8.05. The van der Waals surface area contributed by atoms with Crippen molar-refractivity contribution in [2.45, 2.75) is 6.54 Å². The molecule has 2 rings (SSSR count). The van der Waals surface area contributed by atoms with Crippen LogP contribution in [0.3, 0.4) is 0 Å². The minimum absolute atomic E-state index is 0.112. The molecule has 2 N–H and O–H groups in total. The van der Waals surface area contributed by atoms with Gasteiger partial charge in [0.25, 0.3) is 0 Å². The topological polar surface area (TPSA) is 73.4 Å². The van der Waals surface area contributed by atoms with Crippen LogP contribution in [0.1, 0.15) is 5.56 Å². The van der Waals surface area contributed by atoms with Crippen molar-refractivity contribution >= 4 is 23.9 Å². The van der Waals surface area contributed by atoms with Crippen molar-refractivity contribution in [2.75, 3.05) is 44.4 Å². The second-order valence-electron chi connectivity index (χ2n) is 5.85. The summed E-state index contributed by atoms with van der Waals surface area (Å²) in [5.74, 6) is -1.33. The first-order valence-electron chi connectivity index (χ1n) is 8.05. The van der Waals surface area contributed by atoms with Gasteiger partial charge in [0.2, 0.25) is 12.4 Å². The Kier molecular flexibility index (Phi) is 6.93. The maximum absolute atomic E-state index is 14.2. The van der Waals surface area contributed by atoms with Crippen LogP contribution in [-0.2, 0) is 11.3 Å². The van der Waals surface area contributed by atoms with Gasteiger partial charge < -0.3 is 15.5 Å². The zero-order valence-electron chi connectivity index (χ0n) is 15.0. The van der Waals surface area contributed by atoms with Crippen molar-refractivity contribution in [3.05, 3.63) is 41.6 Å². The number of hydrogen-bond acceptors (Lipinski definition) is 6. The molecule has 0 aliphatic heterocycles. The Morgan fingerprint density at radius 1 is 1.23 bits per heavy atom. The molecule has 1 amide bonds. The SMILES string of the molecule is CNCc1cnc(NCCN(C)C)nc1N(C=O)c1c(F)cccc1F. The zero-order chi connectivity index (χ0) is 19.1. The second-order valence-corrected chi connectivity index (χ2v) is 5.85. The molecule has 0 saturated heterocycles. The number of rotatable bonds is 9. The van der Waals surface area contributed by atoms with Crippen molar-refractivity contribution < 1.29 is 13.6 Å². The summed E-state index contributed by atoms with van der Waals surface area (Å²) in [6.07, 6.45) is 1.86. The van der Waals surface area contributed by atoms with Gasteiger partial charge in [-0.3, -0.25) is 9.69 Å². The number of carbonyl (C=O) groups excluding carboxylic acids is 1. The molecule has 7 nitrogen and oxygen atoms in total. The quantitative estimate of drug-likeness (QED) is 0.661. The summed E-state index contributed by atoms with van der Waals surface area (Å²) in [7, 11) is 5.57. The maximum Gasteiger partial charge on any atom is 0.224 e. The summed E-state index contributed by atoms with van der Waals surface area (Å²) in [4.78, 5) is 23.0. The van der Waals surface area contributed by atoms with Gasteiger partial charge in [-0.2, -0.15) is 4.98 Å². The average molecular weight is 364 g/mol. The highest BCUT2D eigenvalue weighted by Crippen LogP contribution is 2.30.